The average molecular weight is 261 g/mol. The molecule has 4 heteroatoms. The molecule has 0 bridgehead atoms. The van der Waals surface area contributed by atoms with E-state index in [1.165, 1.54) is 4.90 Å². The van der Waals surface area contributed by atoms with Crippen molar-refractivity contribution < 1.29 is 13.9 Å². The monoisotopic (exact) mass is 261 g/mol. The summed E-state index contributed by atoms with van der Waals surface area (Å²) in [6.07, 6.45) is 0.0923. The molecule has 3 nitrogen and oxygen atoms in total. The van der Waals surface area contributed by atoms with E-state index in [1.54, 1.807) is 6.92 Å². The number of halogens is 1. The Balaban J connectivity index is 0.00000137. The van der Waals surface area contributed by atoms with Crippen molar-refractivity contribution in [3.63, 3.8) is 0 Å². The summed E-state index contributed by atoms with van der Waals surface area (Å²) < 4.78 is 19.2. The predicted molar refractivity (Wildman–Crippen MR) is 72.4 cm³/mol. The fourth-order valence-corrected chi connectivity index (χ4v) is 2.16. The molecule has 1 heterocycles. The molecule has 18 heavy (non-hydrogen) atoms. The molecule has 0 N–H and O–H groups in total. The van der Waals surface area contributed by atoms with E-state index in [4.69, 9.17) is 4.74 Å². The number of nitrogens with zero attached hydrogens (tertiary/aromatic N) is 1. The maximum Gasteiger partial charge on any atom is 0.410 e. The molecule has 108 valence electrons. The van der Waals surface area contributed by atoms with Gasteiger partial charge >= 0.3 is 6.09 Å². The third kappa shape index (κ3) is 6.22. The van der Waals surface area contributed by atoms with Crippen LogP contribution in [0.25, 0.3) is 0 Å². The zero-order valence-corrected chi connectivity index (χ0v) is 12.8. The van der Waals surface area contributed by atoms with Crippen molar-refractivity contribution in [2.24, 2.45) is 5.92 Å². The largest absolute Gasteiger partial charge is 0.444 e. The molecule has 0 aliphatic carbocycles. The minimum Gasteiger partial charge on any atom is -0.444 e. The molecule has 1 amide bonds. The van der Waals surface area contributed by atoms with Gasteiger partial charge < -0.3 is 9.64 Å². The van der Waals surface area contributed by atoms with Crippen LogP contribution in [0.15, 0.2) is 0 Å². The summed E-state index contributed by atoms with van der Waals surface area (Å²) >= 11 is 0. The van der Waals surface area contributed by atoms with E-state index >= 15 is 0 Å². The van der Waals surface area contributed by atoms with Crippen molar-refractivity contribution in [2.45, 2.75) is 66.2 Å². The van der Waals surface area contributed by atoms with Crippen molar-refractivity contribution >= 4 is 6.09 Å². The molecular weight excluding hydrogens is 233 g/mol. The Morgan fingerprint density at radius 3 is 2.28 bits per heavy atom. The van der Waals surface area contributed by atoms with Crippen molar-refractivity contribution in [1.82, 2.24) is 4.90 Å². The number of amides is 1. The second kappa shape index (κ2) is 6.39. The number of rotatable bonds is 0. The van der Waals surface area contributed by atoms with Crippen LogP contribution >= 0.6 is 0 Å². The smallest absolute Gasteiger partial charge is 0.410 e. The van der Waals surface area contributed by atoms with Gasteiger partial charge in [0.25, 0.3) is 0 Å². The van der Waals surface area contributed by atoms with Crippen LogP contribution in [0.1, 0.15) is 54.9 Å². The lowest BCUT2D eigenvalue weighted by Gasteiger charge is -2.39. The number of ether oxygens (including phenoxy) is 1. The molecule has 2 unspecified atom stereocenters. The Morgan fingerprint density at radius 1 is 1.39 bits per heavy atom. The quantitative estimate of drug-likeness (QED) is 0.659. The van der Waals surface area contributed by atoms with E-state index in [1.807, 2.05) is 41.5 Å². The molecule has 0 aromatic carbocycles. The molecule has 1 aliphatic rings. The molecule has 1 aliphatic heterocycles. The van der Waals surface area contributed by atoms with Crippen LogP contribution < -0.4 is 0 Å². The van der Waals surface area contributed by atoms with Gasteiger partial charge in [-0.25, -0.2) is 9.18 Å². The maximum absolute atomic E-state index is 13.9. The summed E-state index contributed by atoms with van der Waals surface area (Å²) in [6.45, 7) is 13.6. The van der Waals surface area contributed by atoms with Gasteiger partial charge in [0.15, 0.2) is 0 Å². The number of alkyl halides is 1. The number of hydrogen-bond donors (Lipinski definition) is 0. The van der Waals surface area contributed by atoms with E-state index in [2.05, 4.69) is 0 Å². The first-order valence-electron chi connectivity index (χ1n) is 6.76. The molecule has 2 atom stereocenters. The van der Waals surface area contributed by atoms with Crippen LogP contribution in [0.4, 0.5) is 9.18 Å². The topological polar surface area (TPSA) is 29.5 Å². The van der Waals surface area contributed by atoms with Crippen molar-refractivity contribution in [2.75, 3.05) is 13.1 Å². The third-order valence-electron chi connectivity index (χ3n) is 2.48. The second-order valence-corrected chi connectivity index (χ2v) is 6.08. The molecule has 0 saturated carbocycles. The number of likely N-dealkylation sites (tertiary alicyclic amines) is 1. The van der Waals surface area contributed by atoms with Gasteiger partial charge in [0, 0.05) is 6.54 Å². The number of carbonyl (C=O) groups is 1. The Kier molecular flexibility index (Phi) is 6.11. The van der Waals surface area contributed by atoms with Gasteiger partial charge in [-0.05, 0) is 40.0 Å². The van der Waals surface area contributed by atoms with E-state index < -0.39 is 17.4 Å². The average Bonchev–Trinajstić information content (AvgIpc) is 2.15. The second-order valence-electron chi connectivity index (χ2n) is 6.08. The molecule has 0 aromatic rings. The molecular formula is C14H28FNO2. The van der Waals surface area contributed by atoms with Gasteiger partial charge in [-0.15, -0.1) is 0 Å². The first-order valence-corrected chi connectivity index (χ1v) is 6.76. The summed E-state index contributed by atoms with van der Waals surface area (Å²) in [4.78, 5) is 13.3. The van der Waals surface area contributed by atoms with E-state index in [9.17, 15) is 9.18 Å². The van der Waals surface area contributed by atoms with E-state index in [0.717, 1.165) is 0 Å². The first-order chi connectivity index (χ1) is 8.09. The molecule has 1 saturated heterocycles. The number of hydrogen-bond acceptors (Lipinski definition) is 2. The van der Waals surface area contributed by atoms with Crippen LogP contribution in [0.2, 0.25) is 0 Å². The Bertz CT molecular complexity index is 271. The van der Waals surface area contributed by atoms with Gasteiger partial charge in [0.05, 0.1) is 6.54 Å². The summed E-state index contributed by atoms with van der Waals surface area (Å²) in [5.74, 6) is 0.177. The molecule has 1 rings (SSSR count). The normalized spacial score (nSPS) is 28.2. The van der Waals surface area contributed by atoms with Crippen LogP contribution in [-0.4, -0.2) is 35.4 Å². The lowest BCUT2D eigenvalue weighted by Crippen LogP contribution is -2.50. The Hall–Kier alpha value is -0.800. The van der Waals surface area contributed by atoms with Gasteiger partial charge in [0.2, 0.25) is 0 Å². The third-order valence-corrected chi connectivity index (χ3v) is 2.48. The summed E-state index contributed by atoms with van der Waals surface area (Å²) in [5, 5.41) is 0. The van der Waals surface area contributed by atoms with Gasteiger partial charge in [-0.1, -0.05) is 20.8 Å². The summed E-state index contributed by atoms with van der Waals surface area (Å²) in [7, 11) is 0. The SMILES string of the molecule is CC.CC1CN(C(=O)OC(C)(C)C)CC(C)(F)C1. The van der Waals surface area contributed by atoms with Crippen LogP contribution in [0.5, 0.6) is 0 Å². The molecule has 0 spiro atoms. The van der Waals surface area contributed by atoms with Crippen molar-refractivity contribution in [1.29, 1.82) is 0 Å². The highest BCUT2D eigenvalue weighted by Crippen LogP contribution is 2.29. The fraction of sp³-hybridized carbons (Fsp3) is 0.929. The van der Waals surface area contributed by atoms with Crippen LogP contribution in [0, 0.1) is 5.92 Å². The number of piperidine rings is 1. The van der Waals surface area contributed by atoms with Crippen molar-refractivity contribution in [3.8, 4) is 0 Å². The van der Waals surface area contributed by atoms with Gasteiger partial charge in [0.1, 0.15) is 11.3 Å². The number of carbonyl (C=O) groups excluding carboxylic acids is 1. The summed E-state index contributed by atoms with van der Waals surface area (Å²) in [5.41, 5.74) is -1.82. The maximum atomic E-state index is 13.9. The highest BCUT2D eigenvalue weighted by atomic mass is 19.1. The zero-order valence-electron chi connectivity index (χ0n) is 12.8. The zero-order chi connectivity index (χ0) is 14.6. The van der Waals surface area contributed by atoms with Crippen LogP contribution in [-0.2, 0) is 4.74 Å². The molecule has 0 aromatic heterocycles. The standard InChI is InChI=1S/C12H22FNO2.C2H6/c1-9-6-12(5,13)8-14(7-9)10(15)16-11(2,3)4;1-2/h9H,6-8H2,1-5H3;1-2H3. The highest BCUT2D eigenvalue weighted by molar-refractivity contribution is 5.68. The Labute approximate surface area is 111 Å². The lowest BCUT2D eigenvalue weighted by molar-refractivity contribution is -0.0118. The lowest BCUT2D eigenvalue weighted by atomic mass is 9.90. The van der Waals surface area contributed by atoms with Crippen LogP contribution in [0.3, 0.4) is 0 Å². The van der Waals surface area contributed by atoms with E-state index in [0.29, 0.717) is 13.0 Å². The van der Waals surface area contributed by atoms with E-state index in [-0.39, 0.29) is 12.5 Å². The first kappa shape index (κ1) is 17.2. The Morgan fingerprint density at radius 2 is 1.89 bits per heavy atom. The molecule has 1 fully saturated rings. The summed E-state index contributed by atoms with van der Waals surface area (Å²) in [6, 6.07) is 0. The van der Waals surface area contributed by atoms with Gasteiger partial charge in [-0.3, -0.25) is 0 Å². The minimum absolute atomic E-state index is 0.131. The van der Waals surface area contributed by atoms with Crippen molar-refractivity contribution in [3.05, 3.63) is 0 Å². The molecule has 0 radical (unpaired) electrons. The van der Waals surface area contributed by atoms with Gasteiger partial charge in [-0.2, -0.15) is 0 Å². The highest BCUT2D eigenvalue weighted by Gasteiger charge is 2.37. The minimum atomic E-state index is -1.30. The predicted octanol–water partition coefficient (Wildman–Crippen LogP) is 4.02. The fourth-order valence-electron chi connectivity index (χ4n) is 2.16.